The lowest BCUT2D eigenvalue weighted by atomic mass is 10.1. The SMILES string of the molecule is CCc1ccccc1N=C1S/C(=C\c2ccc(OC(C)C)c(OC)c2)C(=O)N1C. The summed E-state index contributed by atoms with van der Waals surface area (Å²) in [5.74, 6) is 1.26. The number of carbonyl (C=O) groups is 1. The summed E-state index contributed by atoms with van der Waals surface area (Å²) in [6.07, 6.45) is 2.81. The first kappa shape index (κ1) is 21.0. The van der Waals surface area contributed by atoms with Crippen LogP contribution >= 0.6 is 11.8 Å². The fourth-order valence-corrected chi connectivity index (χ4v) is 3.93. The van der Waals surface area contributed by atoms with Crippen LogP contribution in [0.25, 0.3) is 6.08 Å². The molecule has 1 saturated heterocycles. The van der Waals surface area contributed by atoms with Crippen molar-refractivity contribution in [3.8, 4) is 11.5 Å². The average molecular weight is 411 g/mol. The number of aryl methyl sites for hydroxylation is 1. The molecule has 1 heterocycles. The Hall–Kier alpha value is -2.73. The van der Waals surface area contributed by atoms with Gasteiger partial charge in [0.1, 0.15) is 0 Å². The smallest absolute Gasteiger partial charge is 0.266 e. The van der Waals surface area contributed by atoms with Crippen LogP contribution in [0.15, 0.2) is 52.4 Å². The van der Waals surface area contributed by atoms with E-state index in [1.807, 2.05) is 56.3 Å². The molecule has 0 aromatic heterocycles. The van der Waals surface area contributed by atoms with E-state index in [1.54, 1.807) is 19.1 Å². The number of aliphatic imine (C=N–C) groups is 1. The Morgan fingerprint density at radius 3 is 2.62 bits per heavy atom. The molecule has 5 nitrogen and oxygen atoms in total. The van der Waals surface area contributed by atoms with Gasteiger partial charge < -0.3 is 9.47 Å². The summed E-state index contributed by atoms with van der Waals surface area (Å²) >= 11 is 1.38. The molecule has 152 valence electrons. The first-order valence-corrected chi connectivity index (χ1v) is 10.4. The van der Waals surface area contributed by atoms with Crippen LogP contribution in [0.5, 0.6) is 11.5 Å². The van der Waals surface area contributed by atoms with E-state index < -0.39 is 0 Å². The Morgan fingerprint density at radius 1 is 1.17 bits per heavy atom. The summed E-state index contributed by atoms with van der Waals surface area (Å²) in [4.78, 5) is 19.7. The zero-order valence-corrected chi connectivity index (χ0v) is 18.2. The Morgan fingerprint density at radius 2 is 1.93 bits per heavy atom. The minimum atomic E-state index is -0.0656. The van der Waals surface area contributed by atoms with Gasteiger partial charge in [-0.25, -0.2) is 4.99 Å². The highest BCUT2D eigenvalue weighted by molar-refractivity contribution is 8.18. The van der Waals surface area contributed by atoms with E-state index in [9.17, 15) is 4.79 Å². The lowest BCUT2D eigenvalue weighted by Gasteiger charge is -2.13. The quantitative estimate of drug-likeness (QED) is 0.608. The van der Waals surface area contributed by atoms with Crippen molar-refractivity contribution in [1.29, 1.82) is 0 Å². The Bertz CT molecular complexity index is 966. The number of para-hydroxylation sites is 1. The molecule has 0 unspecified atom stereocenters. The highest BCUT2D eigenvalue weighted by Gasteiger charge is 2.30. The van der Waals surface area contributed by atoms with Crippen LogP contribution in [0.2, 0.25) is 0 Å². The highest BCUT2D eigenvalue weighted by Crippen LogP contribution is 2.35. The Kier molecular flexibility index (Phi) is 6.64. The molecule has 0 radical (unpaired) electrons. The van der Waals surface area contributed by atoms with Crippen LogP contribution in [0, 0.1) is 0 Å². The molecular formula is C23H26N2O3S. The molecule has 6 heteroatoms. The number of nitrogens with zero attached hydrogens (tertiary/aromatic N) is 2. The van der Waals surface area contributed by atoms with Crippen molar-refractivity contribution in [2.75, 3.05) is 14.2 Å². The van der Waals surface area contributed by atoms with E-state index in [1.165, 1.54) is 11.8 Å². The number of thioether (sulfide) groups is 1. The summed E-state index contributed by atoms with van der Waals surface area (Å²) < 4.78 is 11.2. The molecule has 1 aliphatic rings. The van der Waals surface area contributed by atoms with Crippen molar-refractivity contribution < 1.29 is 14.3 Å². The average Bonchev–Trinajstić information content (AvgIpc) is 2.97. The van der Waals surface area contributed by atoms with Crippen LogP contribution < -0.4 is 9.47 Å². The predicted octanol–water partition coefficient (Wildman–Crippen LogP) is 5.28. The van der Waals surface area contributed by atoms with Gasteiger partial charge in [0, 0.05) is 7.05 Å². The van der Waals surface area contributed by atoms with Crippen molar-refractivity contribution in [2.24, 2.45) is 4.99 Å². The van der Waals surface area contributed by atoms with E-state index in [0.29, 0.717) is 21.6 Å². The van der Waals surface area contributed by atoms with Crippen LogP contribution in [-0.4, -0.2) is 36.2 Å². The molecule has 0 N–H and O–H groups in total. The normalized spacial score (nSPS) is 16.9. The summed E-state index contributed by atoms with van der Waals surface area (Å²) in [7, 11) is 3.36. The number of hydrogen-bond acceptors (Lipinski definition) is 5. The van der Waals surface area contributed by atoms with E-state index in [-0.39, 0.29) is 12.0 Å². The lowest BCUT2D eigenvalue weighted by Crippen LogP contribution is -2.23. The zero-order valence-electron chi connectivity index (χ0n) is 17.4. The van der Waals surface area contributed by atoms with E-state index in [2.05, 4.69) is 13.0 Å². The number of amides is 1. The monoisotopic (exact) mass is 410 g/mol. The number of ether oxygens (including phenoxy) is 2. The van der Waals surface area contributed by atoms with E-state index >= 15 is 0 Å². The molecule has 29 heavy (non-hydrogen) atoms. The summed E-state index contributed by atoms with van der Waals surface area (Å²) in [6.45, 7) is 6.04. The second-order valence-corrected chi connectivity index (χ2v) is 7.94. The van der Waals surface area contributed by atoms with Gasteiger partial charge in [-0.2, -0.15) is 0 Å². The third kappa shape index (κ3) is 4.82. The zero-order chi connectivity index (χ0) is 21.0. The first-order chi connectivity index (χ1) is 13.9. The van der Waals surface area contributed by atoms with Gasteiger partial charge in [0.05, 0.1) is 23.8 Å². The fraction of sp³-hybridized carbons (Fsp3) is 0.304. The van der Waals surface area contributed by atoms with Gasteiger partial charge in [0.2, 0.25) is 0 Å². The van der Waals surface area contributed by atoms with Gasteiger partial charge in [-0.15, -0.1) is 0 Å². The van der Waals surface area contributed by atoms with Gasteiger partial charge >= 0.3 is 0 Å². The maximum atomic E-state index is 12.7. The molecular weight excluding hydrogens is 384 g/mol. The highest BCUT2D eigenvalue weighted by atomic mass is 32.2. The van der Waals surface area contributed by atoms with Crippen LogP contribution in [0.3, 0.4) is 0 Å². The lowest BCUT2D eigenvalue weighted by molar-refractivity contribution is -0.121. The standard InChI is InChI=1S/C23H26N2O3S/c1-6-17-9-7-8-10-18(17)24-23-25(4)22(26)21(29-23)14-16-11-12-19(28-15(2)3)20(13-16)27-5/h7-15H,6H2,1-5H3/b21-14-,24-23?. The molecule has 3 rings (SSSR count). The van der Waals surface area contributed by atoms with Gasteiger partial charge in [-0.3, -0.25) is 9.69 Å². The molecule has 0 saturated carbocycles. The van der Waals surface area contributed by atoms with Crippen molar-refractivity contribution >= 4 is 34.6 Å². The summed E-state index contributed by atoms with van der Waals surface area (Å²) in [5.41, 5.74) is 2.93. The molecule has 0 spiro atoms. The second-order valence-electron chi connectivity index (χ2n) is 6.93. The van der Waals surface area contributed by atoms with Crippen molar-refractivity contribution in [3.63, 3.8) is 0 Å². The van der Waals surface area contributed by atoms with Crippen LogP contribution in [0.1, 0.15) is 31.9 Å². The maximum Gasteiger partial charge on any atom is 0.266 e. The second kappa shape index (κ2) is 9.18. The minimum absolute atomic E-state index is 0.0542. The molecule has 1 fully saturated rings. The topological polar surface area (TPSA) is 51.1 Å². The number of hydrogen-bond donors (Lipinski definition) is 0. The molecule has 1 amide bonds. The Balaban J connectivity index is 1.89. The molecule has 0 bridgehead atoms. The summed E-state index contributed by atoms with van der Waals surface area (Å²) in [5, 5.41) is 0.675. The molecule has 2 aromatic rings. The third-order valence-electron chi connectivity index (χ3n) is 4.44. The first-order valence-electron chi connectivity index (χ1n) is 9.61. The molecule has 2 aromatic carbocycles. The van der Waals surface area contributed by atoms with Gasteiger partial charge in [-0.1, -0.05) is 31.2 Å². The predicted molar refractivity (Wildman–Crippen MR) is 120 cm³/mol. The number of benzene rings is 2. The Labute approximate surface area is 176 Å². The minimum Gasteiger partial charge on any atom is -0.493 e. The van der Waals surface area contributed by atoms with Gasteiger partial charge in [-0.05, 0) is 67.4 Å². The molecule has 1 aliphatic heterocycles. The van der Waals surface area contributed by atoms with Crippen molar-refractivity contribution in [1.82, 2.24) is 4.90 Å². The largest absolute Gasteiger partial charge is 0.493 e. The van der Waals surface area contributed by atoms with Gasteiger partial charge in [0.15, 0.2) is 16.7 Å². The number of amidine groups is 1. The molecule has 0 atom stereocenters. The van der Waals surface area contributed by atoms with Crippen LogP contribution in [0.4, 0.5) is 5.69 Å². The maximum absolute atomic E-state index is 12.7. The number of carbonyl (C=O) groups excluding carboxylic acids is 1. The van der Waals surface area contributed by atoms with E-state index in [4.69, 9.17) is 14.5 Å². The fourth-order valence-electron chi connectivity index (χ4n) is 2.95. The number of likely N-dealkylation sites (N-methyl/N-ethyl adjacent to an activating group) is 1. The van der Waals surface area contributed by atoms with Crippen molar-refractivity contribution in [3.05, 3.63) is 58.5 Å². The van der Waals surface area contributed by atoms with Gasteiger partial charge in [0.25, 0.3) is 5.91 Å². The van der Waals surface area contributed by atoms with Crippen LogP contribution in [-0.2, 0) is 11.2 Å². The third-order valence-corrected chi connectivity index (χ3v) is 5.50. The number of rotatable bonds is 6. The van der Waals surface area contributed by atoms with Crippen molar-refractivity contribution in [2.45, 2.75) is 33.3 Å². The molecule has 0 aliphatic carbocycles. The summed E-state index contributed by atoms with van der Waals surface area (Å²) in [6, 6.07) is 13.7. The van der Waals surface area contributed by atoms with E-state index in [0.717, 1.165) is 23.2 Å². The number of methoxy groups -OCH3 is 1.